The number of alkyl halides is 2. The average molecular weight is 857 g/mol. The summed E-state index contributed by atoms with van der Waals surface area (Å²) < 4.78 is 47.3. The lowest BCUT2D eigenvalue weighted by molar-refractivity contribution is 0.0654. The Bertz CT molecular complexity index is 2530. The molecule has 11 nitrogen and oxygen atoms in total. The van der Waals surface area contributed by atoms with E-state index in [1.807, 2.05) is 30.5 Å². The number of carbonyl (C=O) groups excluding carboxylic acids is 1. The predicted octanol–water partition coefficient (Wildman–Crippen LogP) is 9.84. The molecule has 0 bridgehead atoms. The molecule has 63 heavy (non-hydrogen) atoms. The quantitative estimate of drug-likeness (QED) is 0.0947. The van der Waals surface area contributed by atoms with Crippen molar-refractivity contribution in [3.05, 3.63) is 120 Å². The van der Waals surface area contributed by atoms with Crippen LogP contribution < -0.4 is 20.3 Å². The average Bonchev–Trinajstić information content (AvgIpc) is 3.98. The number of amides is 1. The third-order valence-electron chi connectivity index (χ3n) is 13.4. The minimum atomic E-state index is -2.68. The van der Waals surface area contributed by atoms with Gasteiger partial charge < -0.3 is 34.5 Å². The van der Waals surface area contributed by atoms with Gasteiger partial charge in [0.05, 0.1) is 29.3 Å². The molecule has 0 saturated carbocycles. The SMILES string of the molecule is C=CNCCc1c(CC)c(N2CCCc3cc(-c4cn(C5CCN(C(=C)CCCOc6cccc7c6C(=C)NC7=O)CC5)c5ccncc45)c(C(F)F)cc32)nn1C1CCOCC1. The predicted molar refractivity (Wildman–Crippen MR) is 245 cm³/mol. The number of aromatic nitrogens is 4. The highest BCUT2D eigenvalue weighted by atomic mass is 19.3. The number of anilines is 2. The molecule has 2 aromatic carbocycles. The normalized spacial score (nSPS) is 17.0. The molecular formula is C50H58F2N8O3. The number of fused-ring (bicyclic) bond motifs is 3. The van der Waals surface area contributed by atoms with Crippen LogP contribution in [0.4, 0.5) is 20.3 Å². The highest BCUT2D eigenvalue weighted by Gasteiger charge is 2.32. The summed E-state index contributed by atoms with van der Waals surface area (Å²) in [6.07, 6.45) is 13.2. The van der Waals surface area contributed by atoms with Crippen molar-refractivity contribution in [2.75, 3.05) is 50.9 Å². The number of pyridine rings is 1. The second-order valence-corrected chi connectivity index (χ2v) is 17.1. The Morgan fingerprint density at radius 1 is 1.08 bits per heavy atom. The maximum Gasteiger partial charge on any atom is 0.264 e. The summed E-state index contributed by atoms with van der Waals surface area (Å²) in [5.74, 6) is 1.39. The Balaban J connectivity index is 0.938. The summed E-state index contributed by atoms with van der Waals surface area (Å²) in [6, 6.07) is 11.7. The van der Waals surface area contributed by atoms with Gasteiger partial charge in [0.15, 0.2) is 5.82 Å². The van der Waals surface area contributed by atoms with Gasteiger partial charge in [0, 0.05) is 115 Å². The van der Waals surface area contributed by atoms with E-state index in [1.54, 1.807) is 24.5 Å². The molecule has 2 N–H and O–H groups in total. The lowest BCUT2D eigenvalue weighted by atomic mass is 9.91. The maximum atomic E-state index is 15.5. The molecule has 0 spiro atoms. The van der Waals surface area contributed by atoms with Crippen molar-refractivity contribution in [1.82, 2.24) is 34.9 Å². The third-order valence-corrected chi connectivity index (χ3v) is 13.4. The van der Waals surface area contributed by atoms with Gasteiger partial charge in [0.2, 0.25) is 0 Å². The smallest absolute Gasteiger partial charge is 0.264 e. The Hall–Kier alpha value is -5.95. The molecule has 4 aliphatic rings. The second kappa shape index (κ2) is 18.4. The minimum absolute atomic E-state index is 0.0303. The lowest BCUT2D eigenvalue weighted by Crippen LogP contribution is -2.33. The summed E-state index contributed by atoms with van der Waals surface area (Å²) in [4.78, 5) is 21.3. The standard InChI is InChI=1S/C50H58F2N8O3/c1-5-37-44(15-20-53-6-2)60(36-18-26-62-27-19-36)56-49(37)58-22-8-11-34-28-39(40(48(51)52)29-45(34)58)42-31-59(43-14-21-54-30-41(42)43)35-16-23-57(24-17-35)32(3)10-9-25-63-46-13-7-12-38-47(46)33(4)55-50(38)61/h6-7,12-14,21,28-31,35-36,48,53H,2-5,8-11,15-20,22-27H2,1H3,(H,55,61). The van der Waals surface area contributed by atoms with Crippen molar-refractivity contribution in [3.8, 4) is 16.9 Å². The zero-order chi connectivity index (χ0) is 43.6. The summed E-state index contributed by atoms with van der Waals surface area (Å²) >= 11 is 0. The van der Waals surface area contributed by atoms with E-state index in [9.17, 15) is 4.79 Å². The van der Waals surface area contributed by atoms with E-state index in [0.29, 0.717) is 48.9 Å². The van der Waals surface area contributed by atoms with Crippen LogP contribution in [0.5, 0.6) is 5.75 Å². The van der Waals surface area contributed by atoms with Crippen molar-refractivity contribution in [2.45, 2.75) is 89.6 Å². The minimum Gasteiger partial charge on any atom is -0.493 e. The highest BCUT2D eigenvalue weighted by Crippen LogP contribution is 2.45. The van der Waals surface area contributed by atoms with Crippen molar-refractivity contribution >= 4 is 34.0 Å². The molecule has 9 rings (SSSR count). The van der Waals surface area contributed by atoms with Gasteiger partial charge in [0.25, 0.3) is 12.3 Å². The fraction of sp³-hybridized carbons (Fsp3) is 0.420. The number of piperidine rings is 1. The lowest BCUT2D eigenvalue weighted by Gasteiger charge is -2.35. The zero-order valence-electron chi connectivity index (χ0n) is 36.3. The number of allylic oxidation sites excluding steroid dienone is 1. The Kier molecular flexibility index (Phi) is 12.4. The summed E-state index contributed by atoms with van der Waals surface area (Å²) in [7, 11) is 0. The van der Waals surface area contributed by atoms with Crippen LogP contribution in [0.2, 0.25) is 0 Å². The molecule has 4 aliphatic heterocycles. The topological polar surface area (TPSA) is 102 Å². The number of aryl methyl sites for hydroxylation is 1. The van der Waals surface area contributed by atoms with E-state index < -0.39 is 6.43 Å². The number of halogens is 2. The number of ether oxygens (including phenoxy) is 2. The molecule has 3 aromatic heterocycles. The number of hydrogen-bond acceptors (Lipinski definition) is 8. The molecule has 2 fully saturated rings. The van der Waals surface area contributed by atoms with E-state index in [-0.39, 0.29) is 23.6 Å². The summed E-state index contributed by atoms with van der Waals surface area (Å²) in [5, 5.41) is 12.2. The van der Waals surface area contributed by atoms with Crippen molar-refractivity contribution in [1.29, 1.82) is 0 Å². The van der Waals surface area contributed by atoms with Gasteiger partial charge in [-0.2, -0.15) is 5.10 Å². The Morgan fingerprint density at radius 2 is 1.90 bits per heavy atom. The van der Waals surface area contributed by atoms with Gasteiger partial charge in [-0.1, -0.05) is 32.7 Å². The van der Waals surface area contributed by atoms with Gasteiger partial charge in [-0.25, -0.2) is 8.78 Å². The molecule has 0 unspecified atom stereocenters. The molecule has 1 amide bonds. The van der Waals surface area contributed by atoms with Crippen LogP contribution in [0.15, 0.2) is 86.6 Å². The molecular weight excluding hydrogens is 799 g/mol. The first-order valence-corrected chi connectivity index (χ1v) is 22.6. The van der Waals surface area contributed by atoms with Crippen molar-refractivity contribution in [2.24, 2.45) is 0 Å². The number of carbonyl (C=O) groups is 1. The van der Waals surface area contributed by atoms with Crippen LogP contribution in [0.25, 0.3) is 27.7 Å². The highest BCUT2D eigenvalue weighted by molar-refractivity contribution is 6.10. The molecule has 0 aliphatic carbocycles. The molecule has 5 aromatic rings. The van der Waals surface area contributed by atoms with Gasteiger partial charge >= 0.3 is 0 Å². The van der Waals surface area contributed by atoms with Crippen LogP contribution in [0, 0.1) is 0 Å². The van der Waals surface area contributed by atoms with E-state index in [0.717, 1.165) is 129 Å². The van der Waals surface area contributed by atoms with Gasteiger partial charge in [-0.05, 0) is 105 Å². The van der Waals surface area contributed by atoms with Crippen molar-refractivity contribution in [3.63, 3.8) is 0 Å². The fourth-order valence-electron chi connectivity index (χ4n) is 10.3. The van der Waals surface area contributed by atoms with Crippen LogP contribution in [0.1, 0.15) is 109 Å². The van der Waals surface area contributed by atoms with Gasteiger partial charge in [0.1, 0.15) is 5.75 Å². The monoisotopic (exact) mass is 856 g/mol. The second-order valence-electron chi connectivity index (χ2n) is 17.1. The van der Waals surface area contributed by atoms with Crippen LogP contribution in [-0.4, -0.2) is 76.1 Å². The number of rotatable bonds is 16. The number of likely N-dealkylation sites (tertiary alicyclic amines) is 1. The molecule has 7 heterocycles. The number of benzene rings is 2. The summed E-state index contributed by atoms with van der Waals surface area (Å²) in [5.41, 5.74) is 9.63. The number of nitrogens with one attached hydrogen (secondary N) is 2. The van der Waals surface area contributed by atoms with Gasteiger partial charge in [-0.3, -0.25) is 14.5 Å². The van der Waals surface area contributed by atoms with Crippen molar-refractivity contribution < 1.29 is 23.0 Å². The first kappa shape index (κ1) is 42.4. The first-order chi connectivity index (χ1) is 30.7. The van der Waals surface area contributed by atoms with E-state index in [1.165, 1.54) is 11.3 Å². The van der Waals surface area contributed by atoms with Crippen LogP contribution in [-0.2, 0) is 24.0 Å². The zero-order valence-corrected chi connectivity index (χ0v) is 36.3. The number of hydrogen-bond donors (Lipinski definition) is 2. The largest absolute Gasteiger partial charge is 0.493 e. The number of nitrogens with zero attached hydrogens (tertiary/aromatic N) is 6. The molecule has 13 heteroatoms. The van der Waals surface area contributed by atoms with E-state index in [4.69, 9.17) is 14.6 Å². The van der Waals surface area contributed by atoms with E-state index >= 15 is 8.78 Å². The maximum absolute atomic E-state index is 15.5. The van der Waals surface area contributed by atoms with E-state index in [2.05, 4.69) is 67.5 Å². The molecule has 0 radical (unpaired) electrons. The van der Waals surface area contributed by atoms with Crippen LogP contribution in [0.3, 0.4) is 0 Å². The Morgan fingerprint density at radius 3 is 2.68 bits per heavy atom. The fourth-order valence-corrected chi connectivity index (χ4v) is 10.3. The molecule has 330 valence electrons. The first-order valence-electron chi connectivity index (χ1n) is 22.6. The third kappa shape index (κ3) is 8.23. The Labute approximate surface area is 368 Å². The molecule has 2 saturated heterocycles. The van der Waals surface area contributed by atoms with Crippen LogP contribution >= 0.6 is 0 Å². The molecule has 0 atom stereocenters. The van der Waals surface area contributed by atoms with Gasteiger partial charge in [-0.15, -0.1) is 0 Å². The summed E-state index contributed by atoms with van der Waals surface area (Å²) in [6.45, 7) is 19.5.